The molecule has 0 bridgehead atoms. The molecule has 1 aromatic carbocycles. The predicted molar refractivity (Wildman–Crippen MR) is 74.3 cm³/mol. The van der Waals surface area contributed by atoms with Crippen LogP contribution < -0.4 is 10.0 Å². The zero-order valence-electron chi connectivity index (χ0n) is 11.5. The fraction of sp³-hybridized carbons (Fsp3) is 0.571. The van der Waals surface area contributed by atoms with Gasteiger partial charge in [0.05, 0.1) is 4.90 Å². The summed E-state index contributed by atoms with van der Waals surface area (Å²) in [6.07, 6.45) is 4.74. The molecule has 21 heavy (non-hydrogen) atoms. The molecule has 2 N–H and O–H groups in total. The maximum atomic E-state index is 13.2. The van der Waals surface area contributed by atoms with E-state index in [4.69, 9.17) is 0 Å². The Morgan fingerprint density at radius 3 is 2.62 bits per heavy atom. The zero-order valence-corrected chi connectivity index (χ0v) is 12.3. The molecule has 1 unspecified atom stereocenters. The molecule has 1 aliphatic heterocycles. The van der Waals surface area contributed by atoms with E-state index in [2.05, 4.69) is 10.0 Å². The smallest absolute Gasteiger partial charge is 0.240 e. The van der Waals surface area contributed by atoms with Gasteiger partial charge in [-0.05, 0) is 56.8 Å². The van der Waals surface area contributed by atoms with Crippen molar-refractivity contribution in [2.24, 2.45) is 0 Å². The van der Waals surface area contributed by atoms with E-state index in [0.717, 1.165) is 50.4 Å². The van der Waals surface area contributed by atoms with Gasteiger partial charge in [-0.25, -0.2) is 21.9 Å². The Bertz CT molecular complexity index is 644. The number of benzene rings is 1. The van der Waals surface area contributed by atoms with E-state index >= 15 is 0 Å². The summed E-state index contributed by atoms with van der Waals surface area (Å²) in [7, 11) is -3.82. The van der Waals surface area contributed by atoms with Crippen molar-refractivity contribution in [3.05, 3.63) is 29.8 Å². The Labute approximate surface area is 123 Å². The monoisotopic (exact) mass is 316 g/mol. The molecule has 0 radical (unpaired) electrons. The molecule has 0 aromatic heterocycles. The molecular weight excluding hydrogens is 298 g/mol. The molecule has 1 saturated carbocycles. The molecule has 1 atom stereocenters. The Morgan fingerprint density at radius 2 is 2.00 bits per heavy atom. The van der Waals surface area contributed by atoms with E-state index in [1.54, 1.807) is 0 Å². The highest BCUT2D eigenvalue weighted by Crippen LogP contribution is 2.38. The number of rotatable bonds is 3. The molecule has 1 aliphatic carbocycles. The van der Waals surface area contributed by atoms with Crippen molar-refractivity contribution < 1.29 is 17.2 Å². The van der Waals surface area contributed by atoms with Crippen molar-refractivity contribution in [3.8, 4) is 0 Å². The molecule has 4 nitrogen and oxygen atoms in total. The first-order valence-electron chi connectivity index (χ1n) is 7.13. The standard InChI is InChI=1S/C14H18F2N2O2S/c15-12-3-2-11(8-13(12)16)21(19,20)18-10-4-7-17-14(9-10)5-1-6-14/h2-3,8,10,17-18H,1,4-7,9H2. The van der Waals surface area contributed by atoms with Crippen LogP contribution in [0.2, 0.25) is 0 Å². The van der Waals surface area contributed by atoms with Crippen LogP contribution in [-0.2, 0) is 10.0 Å². The number of hydrogen-bond donors (Lipinski definition) is 2. The van der Waals surface area contributed by atoms with Gasteiger partial charge in [0.1, 0.15) is 0 Å². The fourth-order valence-electron chi connectivity index (χ4n) is 3.17. The van der Waals surface area contributed by atoms with Gasteiger partial charge in [-0.15, -0.1) is 0 Å². The lowest BCUT2D eigenvalue weighted by Crippen LogP contribution is -2.59. The SMILES string of the molecule is O=S(=O)(NC1CCNC2(CCC2)C1)c1ccc(F)c(F)c1. The average molecular weight is 316 g/mol. The minimum Gasteiger partial charge on any atom is -0.311 e. The van der Waals surface area contributed by atoms with E-state index in [-0.39, 0.29) is 16.5 Å². The molecule has 1 aromatic rings. The van der Waals surface area contributed by atoms with Crippen LogP contribution in [0.5, 0.6) is 0 Å². The van der Waals surface area contributed by atoms with Gasteiger partial charge in [0.15, 0.2) is 11.6 Å². The topological polar surface area (TPSA) is 58.2 Å². The molecule has 116 valence electrons. The first kappa shape index (κ1) is 14.9. The molecule has 1 saturated heterocycles. The number of sulfonamides is 1. The molecule has 0 amide bonds. The van der Waals surface area contributed by atoms with Crippen molar-refractivity contribution >= 4 is 10.0 Å². The highest BCUT2D eigenvalue weighted by molar-refractivity contribution is 7.89. The van der Waals surface area contributed by atoms with Gasteiger partial charge in [0, 0.05) is 11.6 Å². The summed E-state index contributed by atoms with van der Waals surface area (Å²) in [5.74, 6) is -2.21. The van der Waals surface area contributed by atoms with Crippen LogP contribution in [0.3, 0.4) is 0 Å². The summed E-state index contributed by atoms with van der Waals surface area (Å²) in [6.45, 7) is 0.769. The molecule has 1 heterocycles. The van der Waals surface area contributed by atoms with Gasteiger partial charge in [0.2, 0.25) is 10.0 Å². The summed E-state index contributed by atoms with van der Waals surface area (Å²) < 4.78 is 53.2. The van der Waals surface area contributed by atoms with Gasteiger partial charge < -0.3 is 5.32 Å². The molecule has 7 heteroatoms. The second kappa shape index (κ2) is 5.30. The van der Waals surface area contributed by atoms with Crippen LogP contribution in [0.1, 0.15) is 32.1 Å². The van der Waals surface area contributed by atoms with Crippen molar-refractivity contribution in [2.45, 2.75) is 48.6 Å². The first-order chi connectivity index (χ1) is 9.90. The maximum absolute atomic E-state index is 13.2. The third-order valence-electron chi connectivity index (χ3n) is 4.46. The lowest BCUT2D eigenvalue weighted by atomic mass is 9.70. The first-order valence-corrected chi connectivity index (χ1v) is 8.61. The van der Waals surface area contributed by atoms with Crippen LogP contribution in [0.15, 0.2) is 23.1 Å². The number of nitrogens with one attached hydrogen (secondary N) is 2. The minimum absolute atomic E-state index is 0.0689. The van der Waals surface area contributed by atoms with Crippen LogP contribution in [0.25, 0.3) is 0 Å². The summed E-state index contributed by atoms with van der Waals surface area (Å²) >= 11 is 0. The number of hydrogen-bond acceptors (Lipinski definition) is 3. The highest BCUT2D eigenvalue weighted by atomic mass is 32.2. The third-order valence-corrected chi connectivity index (χ3v) is 5.98. The molecule has 2 fully saturated rings. The van der Waals surface area contributed by atoms with E-state index in [9.17, 15) is 17.2 Å². The Hall–Kier alpha value is -1.05. The third kappa shape index (κ3) is 2.95. The Morgan fingerprint density at radius 1 is 1.24 bits per heavy atom. The summed E-state index contributed by atoms with van der Waals surface area (Å²) in [5, 5.41) is 3.46. The van der Waals surface area contributed by atoms with Crippen molar-refractivity contribution in [1.82, 2.24) is 10.0 Å². The fourth-order valence-corrected chi connectivity index (χ4v) is 4.46. The predicted octanol–water partition coefficient (Wildman–Crippen LogP) is 1.92. The number of halogens is 2. The summed E-state index contributed by atoms with van der Waals surface area (Å²) in [5.41, 5.74) is 0.0689. The normalized spacial score (nSPS) is 24.8. The summed E-state index contributed by atoms with van der Waals surface area (Å²) in [4.78, 5) is -0.234. The van der Waals surface area contributed by atoms with Crippen LogP contribution in [0, 0.1) is 11.6 Å². The number of piperidine rings is 1. The lowest BCUT2D eigenvalue weighted by Gasteiger charge is -2.48. The van der Waals surface area contributed by atoms with Crippen molar-refractivity contribution in [2.75, 3.05) is 6.54 Å². The van der Waals surface area contributed by atoms with E-state index in [0.29, 0.717) is 6.42 Å². The van der Waals surface area contributed by atoms with E-state index in [1.165, 1.54) is 0 Å². The van der Waals surface area contributed by atoms with Gasteiger partial charge in [-0.1, -0.05) is 0 Å². The molecule has 3 rings (SSSR count). The minimum atomic E-state index is -3.82. The van der Waals surface area contributed by atoms with Crippen molar-refractivity contribution in [3.63, 3.8) is 0 Å². The average Bonchev–Trinajstić information content (AvgIpc) is 2.40. The molecule has 1 spiro atoms. The highest BCUT2D eigenvalue weighted by Gasteiger charge is 2.41. The largest absolute Gasteiger partial charge is 0.311 e. The van der Waals surface area contributed by atoms with Gasteiger partial charge in [-0.3, -0.25) is 0 Å². The second-order valence-electron chi connectivity index (χ2n) is 5.95. The molecule has 2 aliphatic rings. The van der Waals surface area contributed by atoms with Gasteiger partial charge in [0.25, 0.3) is 0 Å². The Kier molecular flexibility index (Phi) is 3.75. The molecular formula is C14H18F2N2O2S. The van der Waals surface area contributed by atoms with Crippen molar-refractivity contribution in [1.29, 1.82) is 0 Å². The van der Waals surface area contributed by atoms with Crippen LogP contribution in [-0.4, -0.2) is 26.5 Å². The quantitative estimate of drug-likeness (QED) is 0.896. The maximum Gasteiger partial charge on any atom is 0.240 e. The lowest BCUT2D eigenvalue weighted by molar-refractivity contribution is 0.126. The van der Waals surface area contributed by atoms with Crippen LogP contribution >= 0.6 is 0 Å². The Balaban J connectivity index is 1.74. The van der Waals surface area contributed by atoms with Crippen LogP contribution in [0.4, 0.5) is 8.78 Å². The van der Waals surface area contributed by atoms with Gasteiger partial charge >= 0.3 is 0 Å². The zero-order chi connectivity index (χ0) is 15.1. The van der Waals surface area contributed by atoms with E-state index < -0.39 is 21.7 Å². The van der Waals surface area contributed by atoms with E-state index in [1.807, 2.05) is 0 Å². The van der Waals surface area contributed by atoms with Gasteiger partial charge in [-0.2, -0.15) is 0 Å². The summed E-state index contributed by atoms with van der Waals surface area (Å²) in [6, 6.07) is 2.48. The second-order valence-corrected chi connectivity index (χ2v) is 7.66.